The number of nitrogens with zero attached hydrogens (tertiary/aromatic N) is 1. The zero-order valence-corrected chi connectivity index (χ0v) is 15.6. The SMILES string of the molecule is CC=C1CN2CCC34c5ccccc5CC23CCC1C4(CO)C(=O)OC. The van der Waals surface area contributed by atoms with Gasteiger partial charge in [0.2, 0.25) is 0 Å². The first kappa shape index (κ1) is 16.5. The van der Waals surface area contributed by atoms with Gasteiger partial charge in [-0.2, -0.15) is 0 Å². The number of fused-ring (bicyclic) bond motifs is 3. The average molecular weight is 353 g/mol. The van der Waals surface area contributed by atoms with Crippen molar-refractivity contribution in [3.8, 4) is 0 Å². The average Bonchev–Trinajstić information content (AvgIpc) is 3.06. The Morgan fingerprint density at radius 3 is 2.92 bits per heavy atom. The number of hydrogen-bond donors (Lipinski definition) is 1. The number of aliphatic hydroxyl groups is 1. The largest absolute Gasteiger partial charge is 0.468 e. The fourth-order valence-electron chi connectivity index (χ4n) is 7.50. The summed E-state index contributed by atoms with van der Waals surface area (Å²) in [5.74, 6) is -0.177. The molecular weight excluding hydrogens is 326 g/mol. The van der Waals surface area contributed by atoms with Crippen molar-refractivity contribution >= 4 is 5.97 Å². The Morgan fingerprint density at radius 1 is 1.38 bits per heavy atom. The molecule has 1 N–H and O–H groups in total. The van der Waals surface area contributed by atoms with Gasteiger partial charge in [-0.3, -0.25) is 9.69 Å². The minimum atomic E-state index is -0.889. The first-order chi connectivity index (χ1) is 12.6. The van der Waals surface area contributed by atoms with Crippen LogP contribution in [0.15, 0.2) is 35.9 Å². The summed E-state index contributed by atoms with van der Waals surface area (Å²) in [5.41, 5.74) is 2.61. The topological polar surface area (TPSA) is 49.8 Å². The summed E-state index contributed by atoms with van der Waals surface area (Å²) in [6.07, 6.45) is 6.11. The van der Waals surface area contributed by atoms with Crippen LogP contribution in [0.3, 0.4) is 0 Å². The third-order valence-electron chi connectivity index (χ3n) is 8.31. The number of carbonyl (C=O) groups excluding carboxylic acids is 1. The van der Waals surface area contributed by atoms with E-state index < -0.39 is 5.41 Å². The molecule has 6 rings (SSSR count). The van der Waals surface area contributed by atoms with Crippen molar-refractivity contribution in [3.63, 3.8) is 0 Å². The van der Waals surface area contributed by atoms with E-state index >= 15 is 0 Å². The van der Waals surface area contributed by atoms with E-state index in [1.54, 1.807) is 0 Å². The zero-order valence-electron chi connectivity index (χ0n) is 15.6. The molecule has 26 heavy (non-hydrogen) atoms. The normalized spacial score (nSPS) is 43.9. The van der Waals surface area contributed by atoms with E-state index in [9.17, 15) is 9.90 Å². The lowest BCUT2D eigenvalue weighted by atomic mass is 9.44. The maximum Gasteiger partial charge on any atom is 0.315 e. The van der Waals surface area contributed by atoms with E-state index in [1.165, 1.54) is 23.8 Å². The van der Waals surface area contributed by atoms with E-state index in [-0.39, 0.29) is 29.4 Å². The summed E-state index contributed by atoms with van der Waals surface area (Å²) in [5, 5.41) is 10.8. The number of benzene rings is 1. The van der Waals surface area contributed by atoms with Gasteiger partial charge in [0.1, 0.15) is 5.41 Å². The number of methoxy groups -OCH3 is 1. The molecule has 3 heterocycles. The predicted molar refractivity (Wildman–Crippen MR) is 98.8 cm³/mol. The lowest BCUT2D eigenvalue weighted by Crippen LogP contribution is -2.68. The molecule has 3 saturated heterocycles. The molecule has 3 aliphatic heterocycles. The molecule has 1 aromatic rings. The molecule has 4 fully saturated rings. The molecule has 1 aromatic carbocycles. The van der Waals surface area contributed by atoms with Crippen LogP contribution in [-0.4, -0.2) is 48.3 Å². The summed E-state index contributed by atoms with van der Waals surface area (Å²) in [6.45, 7) is 3.82. The Morgan fingerprint density at radius 2 is 2.19 bits per heavy atom. The lowest BCUT2D eigenvalue weighted by Gasteiger charge is -2.58. The van der Waals surface area contributed by atoms with Crippen molar-refractivity contribution in [2.24, 2.45) is 11.3 Å². The van der Waals surface area contributed by atoms with Gasteiger partial charge in [0.05, 0.1) is 13.7 Å². The van der Waals surface area contributed by atoms with Gasteiger partial charge in [0.25, 0.3) is 0 Å². The van der Waals surface area contributed by atoms with Crippen molar-refractivity contribution in [1.29, 1.82) is 0 Å². The van der Waals surface area contributed by atoms with Gasteiger partial charge in [-0.05, 0) is 43.7 Å². The number of rotatable bonds is 2. The highest BCUT2D eigenvalue weighted by molar-refractivity contribution is 5.83. The van der Waals surface area contributed by atoms with Gasteiger partial charge in [0, 0.05) is 30.0 Å². The summed E-state index contributed by atoms with van der Waals surface area (Å²) in [6, 6.07) is 8.61. The molecule has 5 unspecified atom stereocenters. The first-order valence-corrected chi connectivity index (χ1v) is 9.79. The van der Waals surface area contributed by atoms with E-state index in [0.717, 1.165) is 38.8 Å². The van der Waals surface area contributed by atoms with Gasteiger partial charge >= 0.3 is 5.97 Å². The van der Waals surface area contributed by atoms with Crippen molar-refractivity contribution in [2.45, 2.75) is 43.6 Å². The molecule has 4 bridgehead atoms. The summed E-state index contributed by atoms with van der Waals surface area (Å²) < 4.78 is 5.41. The van der Waals surface area contributed by atoms with E-state index in [4.69, 9.17) is 4.74 Å². The molecule has 4 heteroatoms. The number of aliphatic hydroxyl groups excluding tert-OH is 1. The molecular formula is C22H27NO3. The lowest BCUT2D eigenvalue weighted by molar-refractivity contribution is -0.175. The monoisotopic (exact) mass is 353 g/mol. The minimum absolute atomic E-state index is 0.0505. The van der Waals surface area contributed by atoms with E-state index in [0.29, 0.717) is 0 Å². The highest BCUT2D eigenvalue weighted by Gasteiger charge is 2.79. The van der Waals surface area contributed by atoms with E-state index in [2.05, 4.69) is 42.2 Å². The Kier molecular flexibility index (Phi) is 3.31. The van der Waals surface area contributed by atoms with E-state index in [1.807, 2.05) is 0 Å². The standard InChI is InChI=1S/C22H27NO3/c1-3-15-13-23-11-10-22-18-7-5-4-6-16(18)12-20(22,23)9-8-17(15)21(22,14-24)19(25)26-2/h3-7,17,24H,8-14H2,1-2H3. The van der Waals surface area contributed by atoms with Gasteiger partial charge in [-0.15, -0.1) is 0 Å². The van der Waals surface area contributed by atoms with Crippen LogP contribution >= 0.6 is 0 Å². The fourth-order valence-corrected chi connectivity index (χ4v) is 7.50. The first-order valence-electron chi connectivity index (χ1n) is 9.79. The van der Waals surface area contributed by atoms with Crippen LogP contribution in [0, 0.1) is 11.3 Å². The molecule has 0 radical (unpaired) electrons. The Labute approximate surface area is 154 Å². The number of hydrogen-bond acceptors (Lipinski definition) is 4. The molecule has 4 nitrogen and oxygen atoms in total. The predicted octanol–water partition coefficient (Wildman–Crippen LogP) is 2.45. The smallest absolute Gasteiger partial charge is 0.315 e. The Hall–Kier alpha value is -1.65. The van der Waals surface area contributed by atoms with Crippen molar-refractivity contribution in [3.05, 3.63) is 47.0 Å². The van der Waals surface area contributed by atoms with Crippen molar-refractivity contribution < 1.29 is 14.6 Å². The highest BCUT2D eigenvalue weighted by Crippen LogP contribution is 2.72. The maximum absolute atomic E-state index is 13.4. The van der Waals surface area contributed by atoms with Gasteiger partial charge in [0.15, 0.2) is 0 Å². The second-order valence-electron chi connectivity index (χ2n) is 8.52. The molecule has 0 aromatic heterocycles. The van der Waals surface area contributed by atoms with Crippen LogP contribution in [0.1, 0.15) is 37.3 Å². The molecule has 2 aliphatic carbocycles. The van der Waals surface area contributed by atoms with Gasteiger partial charge in [-0.25, -0.2) is 0 Å². The minimum Gasteiger partial charge on any atom is -0.468 e. The number of allylic oxidation sites excluding steroid dienone is 1. The van der Waals surface area contributed by atoms with Crippen LogP contribution in [0.25, 0.3) is 0 Å². The summed E-state index contributed by atoms with van der Waals surface area (Å²) in [7, 11) is 1.48. The van der Waals surface area contributed by atoms with Crippen molar-refractivity contribution in [1.82, 2.24) is 4.90 Å². The molecule has 5 atom stereocenters. The van der Waals surface area contributed by atoms with Gasteiger partial charge < -0.3 is 9.84 Å². The maximum atomic E-state index is 13.4. The van der Waals surface area contributed by atoms with Crippen LogP contribution in [0.2, 0.25) is 0 Å². The molecule has 5 aliphatic rings. The number of carbonyl (C=O) groups is 1. The van der Waals surface area contributed by atoms with Crippen LogP contribution < -0.4 is 0 Å². The third kappa shape index (κ3) is 1.47. The molecule has 0 amide bonds. The second-order valence-corrected chi connectivity index (χ2v) is 8.52. The Bertz CT molecular complexity index is 817. The number of ether oxygens (including phenoxy) is 1. The van der Waals surface area contributed by atoms with Crippen LogP contribution in [0.5, 0.6) is 0 Å². The summed E-state index contributed by atoms with van der Waals surface area (Å²) >= 11 is 0. The number of esters is 1. The van der Waals surface area contributed by atoms with Crippen molar-refractivity contribution in [2.75, 3.05) is 26.8 Å². The molecule has 138 valence electrons. The highest BCUT2D eigenvalue weighted by atomic mass is 16.5. The molecule has 1 spiro atoms. The zero-order chi connectivity index (χ0) is 18.2. The summed E-state index contributed by atoms with van der Waals surface area (Å²) in [4.78, 5) is 16.1. The Balaban J connectivity index is 1.90. The second kappa shape index (κ2) is 5.20. The van der Waals surface area contributed by atoms with Crippen LogP contribution in [0.4, 0.5) is 0 Å². The molecule has 1 saturated carbocycles. The van der Waals surface area contributed by atoms with Gasteiger partial charge in [-0.1, -0.05) is 35.9 Å². The van der Waals surface area contributed by atoms with Crippen LogP contribution in [-0.2, 0) is 21.4 Å². The fraction of sp³-hybridized carbons (Fsp3) is 0.591. The quantitative estimate of drug-likeness (QED) is 0.655. The third-order valence-corrected chi connectivity index (χ3v) is 8.31.